The normalized spacial score (nSPS) is 9.75. The summed E-state index contributed by atoms with van der Waals surface area (Å²) in [5.74, 6) is 0.941. The minimum Gasteiger partial charge on any atom is -0.370 e. The average molecular weight is 135 g/mol. The van der Waals surface area contributed by atoms with Gasteiger partial charge in [0.15, 0.2) is 0 Å². The van der Waals surface area contributed by atoms with Crippen molar-refractivity contribution in [3.63, 3.8) is 0 Å². The molecule has 0 aromatic rings. The Kier molecular flexibility index (Phi) is 7.52. The Morgan fingerprint density at radius 1 is 1.62 bits per heavy atom. The maximum Gasteiger partial charge on any atom is 0.0961 e. The van der Waals surface area contributed by atoms with Crippen LogP contribution in [0.1, 0.15) is 6.42 Å². The molecule has 0 heterocycles. The Hall–Kier alpha value is 0.270. The summed E-state index contributed by atoms with van der Waals surface area (Å²) in [5.41, 5.74) is 0. The predicted octanol–water partition coefficient (Wildman–Crippen LogP) is 0.500. The van der Waals surface area contributed by atoms with Crippen molar-refractivity contribution in [2.75, 3.05) is 26.1 Å². The van der Waals surface area contributed by atoms with Crippen LogP contribution in [0.15, 0.2) is 0 Å². The van der Waals surface area contributed by atoms with E-state index in [2.05, 4.69) is 17.9 Å². The van der Waals surface area contributed by atoms with Gasteiger partial charge in [0.25, 0.3) is 0 Å². The topological polar surface area (TPSA) is 21.3 Å². The number of ether oxygens (including phenoxy) is 1. The number of methoxy groups -OCH3 is 1. The van der Waals surface area contributed by atoms with Crippen molar-refractivity contribution in [3.8, 4) is 0 Å². The van der Waals surface area contributed by atoms with Gasteiger partial charge in [0, 0.05) is 7.11 Å². The smallest absolute Gasteiger partial charge is 0.0961 e. The van der Waals surface area contributed by atoms with Crippen molar-refractivity contribution in [2.24, 2.45) is 0 Å². The van der Waals surface area contributed by atoms with E-state index in [0.717, 1.165) is 18.7 Å². The van der Waals surface area contributed by atoms with Crippen LogP contribution in [0.5, 0.6) is 0 Å². The summed E-state index contributed by atoms with van der Waals surface area (Å²) in [6.45, 7) is 1.64. The van der Waals surface area contributed by atoms with E-state index in [4.69, 9.17) is 4.74 Å². The fourth-order valence-electron chi connectivity index (χ4n) is 0.378. The van der Waals surface area contributed by atoms with E-state index in [0.29, 0.717) is 6.73 Å². The molecule has 0 bridgehead atoms. The molecular weight excluding hydrogens is 122 g/mol. The molecular formula is C5H13NOS. The number of nitrogens with one attached hydrogen (secondary N) is 1. The fraction of sp³-hybridized carbons (Fsp3) is 1.00. The molecule has 0 aliphatic carbocycles. The molecule has 0 spiro atoms. The van der Waals surface area contributed by atoms with E-state index in [9.17, 15) is 0 Å². The molecule has 0 rings (SSSR count). The van der Waals surface area contributed by atoms with Crippen molar-refractivity contribution >= 4 is 12.6 Å². The van der Waals surface area contributed by atoms with Crippen molar-refractivity contribution in [3.05, 3.63) is 0 Å². The van der Waals surface area contributed by atoms with Gasteiger partial charge in [0.2, 0.25) is 0 Å². The molecule has 8 heavy (non-hydrogen) atoms. The standard InChI is InChI=1S/C5H13NOS/c1-7-5-6-3-2-4-8/h6,8H,2-5H2,1H3. The minimum absolute atomic E-state index is 0.647. The summed E-state index contributed by atoms with van der Waals surface area (Å²) >= 11 is 4.04. The van der Waals surface area contributed by atoms with Gasteiger partial charge in [-0.15, -0.1) is 0 Å². The lowest BCUT2D eigenvalue weighted by Gasteiger charge is -1.98. The lowest BCUT2D eigenvalue weighted by molar-refractivity contribution is 0.176. The van der Waals surface area contributed by atoms with E-state index < -0.39 is 0 Å². The Bertz CT molecular complexity index is 37.4. The third kappa shape index (κ3) is 6.27. The van der Waals surface area contributed by atoms with Crippen LogP contribution in [0, 0.1) is 0 Å². The molecule has 0 aromatic heterocycles. The van der Waals surface area contributed by atoms with Gasteiger partial charge in [-0.3, -0.25) is 5.32 Å². The van der Waals surface area contributed by atoms with Crippen LogP contribution in [0.4, 0.5) is 0 Å². The lowest BCUT2D eigenvalue weighted by Crippen LogP contribution is -2.17. The van der Waals surface area contributed by atoms with E-state index in [-0.39, 0.29) is 0 Å². The SMILES string of the molecule is COCNCCCS. The first-order valence-electron chi connectivity index (χ1n) is 2.72. The van der Waals surface area contributed by atoms with Gasteiger partial charge in [-0.25, -0.2) is 0 Å². The average Bonchev–Trinajstić information content (AvgIpc) is 1.81. The van der Waals surface area contributed by atoms with Gasteiger partial charge in [-0.05, 0) is 18.7 Å². The van der Waals surface area contributed by atoms with Crippen molar-refractivity contribution < 1.29 is 4.74 Å². The molecule has 50 valence electrons. The van der Waals surface area contributed by atoms with Crippen LogP contribution < -0.4 is 5.32 Å². The molecule has 2 nitrogen and oxygen atoms in total. The highest BCUT2D eigenvalue weighted by Gasteiger charge is 1.80. The lowest BCUT2D eigenvalue weighted by atomic mass is 10.5. The zero-order valence-corrected chi connectivity index (χ0v) is 6.08. The van der Waals surface area contributed by atoms with Crippen LogP contribution in [0.3, 0.4) is 0 Å². The largest absolute Gasteiger partial charge is 0.370 e. The zero-order valence-electron chi connectivity index (χ0n) is 5.18. The predicted molar refractivity (Wildman–Crippen MR) is 38.3 cm³/mol. The molecule has 0 saturated heterocycles. The zero-order chi connectivity index (χ0) is 6.24. The second-order valence-electron chi connectivity index (χ2n) is 1.51. The first kappa shape index (κ1) is 8.27. The third-order valence-corrected chi connectivity index (χ3v) is 1.07. The Labute approximate surface area is 56.0 Å². The molecule has 0 amide bonds. The van der Waals surface area contributed by atoms with Crippen LogP contribution in [0.25, 0.3) is 0 Å². The second kappa shape index (κ2) is 7.27. The summed E-state index contributed by atoms with van der Waals surface area (Å²) < 4.78 is 4.75. The first-order chi connectivity index (χ1) is 3.91. The molecule has 0 unspecified atom stereocenters. The summed E-state index contributed by atoms with van der Waals surface area (Å²) in [7, 11) is 1.67. The highest BCUT2D eigenvalue weighted by atomic mass is 32.1. The Morgan fingerprint density at radius 3 is 2.88 bits per heavy atom. The van der Waals surface area contributed by atoms with Gasteiger partial charge < -0.3 is 4.74 Å². The molecule has 0 saturated carbocycles. The number of hydrogen-bond acceptors (Lipinski definition) is 3. The maximum absolute atomic E-state index is 4.75. The van der Waals surface area contributed by atoms with Gasteiger partial charge in [0.1, 0.15) is 0 Å². The monoisotopic (exact) mass is 135 g/mol. The van der Waals surface area contributed by atoms with Crippen LogP contribution in [-0.4, -0.2) is 26.1 Å². The van der Waals surface area contributed by atoms with E-state index >= 15 is 0 Å². The number of rotatable bonds is 5. The number of hydrogen-bond donors (Lipinski definition) is 2. The molecule has 0 aromatic carbocycles. The molecule has 0 aliphatic heterocycles. The van der Waals surface area contributed by atoms with E-state index in [1.54, 1.807) is 7.11 Å². The highest BCUT2D eigenvalue weighted by Crippen LogP contribution is 1.78. The van der Waals surface area contributed by atoms with Crippen LogP contribution in [-0.2, 0) is 4.74 Å². The van der Waals surface area contributed by atoms with Gasteiger partial charge in [0.05, 0.1) is 6.73 Å². The van der Waals surface area contributed by atoms with Gasteiger partial charge in [-0.2, -0.15) is 12.6 Å². The third-order valence-electron chi connectivity index (χ3n) is 0.758. The molecule has 0 radical (unpaired) electrons. The number of thiol groups is 1. The Morgan fingerprint density at radius 2 is 2.38 bits per heavy atom. The summed E-state index contributed by atoms with van der Waals surface area (Å²) in [4.78, 5) is 0. The molecule has 0 fully saturated rings. The molecule has 3 heteroatoms. The fourth-order valence-corrected chi connectivity index (χ4v) is 0.536. The quantitative estimate of drug-likeness (QED) is 0.325. The summed E-state index contributed by atoms with van der Waals surface area (Å²) in [6.07, 6.45) is 1.10. The second-order valence-corrected chi connectivity index (χ2v) is 1.96. The highest BCUT2D eigenvalue weighted by molar-refractivity contribution is 7.80. The molecule has 0 aliphatic rings. The molecule has 0 atom stereocenters. The van der Waals surface area contributed by atoms with E-state index in [1.807, 2.05) is 0 Å². The van der Waals surface area contributed by atoms with Crippen LogP contribution >= 0.6 is 12.6 Å². The van der Waals surface area contributed by atoms with Gasteiger partial charge in [-0.1, -0.05) is 0 Å². The molecule has 1 N–H and O–H groups in total. The van der Waals surface area contributed by atoms with Crippen molar-refractivity contribution in [1.29, 1.82) is 0 Å². The minimum atomic E-state index is 0.647. The van der Waals surface area contributed by atoms with Crippen LogP contribution in [0.2, 0.25) is 0 Å². The van der Waals surface area contributed by atoms with Crippen molar-refractivity contribution in [1.82, 2.24) is 5.32 Å². The van der Waals surface area contributed by atoms with E-state index in [1.165, 1.54) is 0 Å². The maximum atomic E-state index is 4.75. The van der Waals surface area contributed by atoms with Crippen molar-refractivity contribution in [2.45, 2.75) is 6.42 Å². The van der Waals surface area contributed by atoms with Gasteiger partial charge >= 0.3 is 0 Å². The summed E-state index contributed by atoms with van der Waals surface area (Å²) in [6, 6.07) is 0. The Balaban J connectivity index is 2.53. The first-order valence-corrected chi connectivity index (χ1v) is 3.35. The summed E-state index contributed by atoms with van der Waals surface area (Å²) in [5, 5.41) is 3.06.